The van der Waals surface area contributed by atoms with Crippen molar-refractivity contribution in [3.63, 3.8) is 0 Å². The second kappa shape index (κ2) is 6.86. The molecule has 0 radical (unpaired) electrons. The predicted octanol–water partition coefficient (Wildman–Crippen LogP) is 2.08. The van der Waals surface area contributed by atoms with Crippen LogP contribution in [0.4, 0.5) is 0 Å². The number of thiophene rings is 1. The van der Waals surface area contributed by atoms with Gasteiger partial charge in [0.15, 0.2) is 0 Å². The van der Waals surface area contributed by atoms with Gasteiger partial charge in [-0.15, -0.1) is 11.3 Å². The van der Waals surface area contributed by atoms with Gasteiger partial charge in [-0.25, -0.2) is 0 Å². The standard InChI is InChI=1S/C19H23N3O2S/c1-2-13-3-4-14(20-7-13)8-21-6-5-16-17(12-25-18(16)11-21)19(24)22-9-15(23)10-22/h3-4,7,12,15,23H,2,5-6,8-11H2,1H3. The van der Waals surface area contributed by atoms with Gasteiger partial charge in [0.2, 0.25) is 0 Å². The highest BCUT2D eigenvalue weighted by molar-refractivity contribution is 7.10. The number of aryl methyl sites for hydroxylation is 1. The Morgan fingerprint density at radius 2 is 2.24 bits per heavy atom. The second-order valence-corrected chi connectivity index (χ2v) is 7.85. The van der Waals surface area contributed by atoms with Crippen molar-refractivity contribution >= 4 is 17.2 Å². The molecular weight excluding hydrogens is 334 g/mol. The number of fused-ring (bicyclic) bond motifs is 1. The molecule has 6 heteroatoms. The largest absolute Gasteiger partial charge is 0.389 e. The van der Waals surface area contributed by atoms with Gasteiger partial charge in [0.25, 0.3) is 5.91 Å². The molecule has 0 saturated carbocycles. The van der Waals surface area contributed by atoms with E-state index >= 15 is 0 Å². The minimum Gasteiger partial charge on any atom is -0.389 e. The van der Waals surface area contributed by atoms with Crippen LogP contribution in [0, 0.1) is 0 Å². The van der Waals surface area contributed by atoms with E-state index in [0.29, 0.717) is 13.1 Å². The Kier molecular flexibility index (Phi) is 4.58. The maximum atomic E-state index is 12.5. The van der Waals surface area contributed by atoms with Gasteiger partial charge in [-0.2, -0.15) is 0 Å². The molecule has 1 fully saturated rings. The molecule has 25 heavy (non-hydrogen) atoms. The lowest BCUT2D eigenvalue weighted by molar-refractivity contribution is 0.00582. The molecule has 2 aromatic rings. The maximum Gasteiger partial charge on any atom is 0.255 e. The molecule has 2 aliphatic rings. The second-order valence-electron chi connectivity index (χ2n) is 6.89. The Hall–Kier alpha value is -1.76. The average molecular weight is 357 g/mol. The zero-order chi connectivity index (χ0) is 17.4. The van der Waals surface area contributed by atoms with Gasteiger partial charge in [-0.05, 0) is 30.0 Å². The number of aliphatic hydroxyl groups is 1. The van der Waals surface area contributed by atoms with Gasteiger partial charge >= 0.3 is 0 Å². The molecule has 0 aromatic carbocycles. The van der Waals surface area contributed by atoms with Gasteiger partial charge in [0.05, 0.1) is 17.4 Å². The van der Waals surface area contributed by atoms with Gasteiger partial charge in [0.1, 0.15) is 0 Å². The minimum absolute atomic E-state index is 0.0769. The number of hydrogen-bond donors (Lipinski definition) is 1. The van der Waals surface area contributed by atoms with Crippen molar-refractivity contribution in [2.45, 2.75) is 39.0 Å². The zero-order valence-corrected chi connectivity index (χ0v) is 15.3. The van der Waals surface area contributed by atoms with Crippen LogP contribution in [0.25, 0.3) is 0 Å². The minimum atomic E-state index is -0.347. The molecule has 1 amide bonds. The molecule has 5 nitrogen and oxygen atoms in total. The van der Waals surface area contributed by atoms with Crippen LogP contribution in [-0.2, 0) is 25.9 Å². The van der Waals surface area contributed by atoms with Crippen LogP contribution in [0.3, 0.4) is 0 Å². The fourth-order valence-electron chi connectivity index (χ4n) is 3.47. The van der Waals surface area contributed by atoms with Crippen molar-refractivity contribution in [1.29, 1.82) is 0 Å². The number of pyridine rings is 1. The average Bonchev–Trinajstić information content (AvgIpc) is 3.02. The van der Waals surface area contributed by atoms with E-state index in [1.807, 2.05) is 11.6 Å². The van der Waals surface area contributed by atoms with Crippen LogP contribution in [0.5, 0.6) is 0 Å². The van der Waals surface area contributed by atoms with E-state index in [9.17, 15) is 9.90 Å². The lowest BCUT2D eigenvalue weighted by Crippen LogP contribution is -2.53. The number of rotatable bonds is 4. The van der Waals surface area contributed by atoms with Crippen LogP contribution in [-0.4, -0.2) is 51.5 Å². The Morgan fingerprint density at radius 3 is 2.92 bits per heavy atom. The van der Waals surface area contributed by atoms with E-state index in [0.717, 1.165) is 43.7 Å². The summed E-state index contributed by atoms with van der Waals surface area (Å²) in [6.45, 7) is 5.75. The quantitative estimate of drug-likeness (QED) is 0.910. The Labute approximate surface area is 151 Å². The van der Waals surface area contributed by atoms with Crippen LogP contribution < -0.4 is 0 Å². The van der Waals surface area contributed by atoms with Crippen LogP contribution >= 0.6 is 11.3 Å². The van der Waals surface area contributed by atoms with Crippen LogP contribution in [0.15, 0.2) is 23.7 Å². The topological polar surface area (TPSA) is 56.7 Å². The molecule has 0 atom stereocenters. The van der Waals surface area contributed by atoms with Gasteiger partial charge in [-0.1, -0.05) is 13.0 Å². The molecule has 1 N–H and O–H groups in total. The fraction of sp³-hybridized carbons (Fsp3) is 0.474. The highest BCUT2D eigenvalue weighted by atomic mass is 32.1. The first-order valence-corrected chi connectivity index (χ1v) is 9.74. The molecule has 4 heterocycles. The van der Waals surface area contributed by atoms with E-state index in [-0.39, 0.29) is 12.0 Å². The summed E-state index contributed by atoms with van der Waals surface area (Å²) in [5.41, 5.74) is 4.42. The first kappa shape index (κ1) is 16.7. The third-order valence-electron chi connectivity index (χ3n) is 5.09. The van der Waals surface area contributed by atoms with Crippen molar-refractivity contribution in [3.05, 3.63) is 51.0 Å². The summed E-state index contributed by atoms with van der Waals surface area (Å²) in [4.78, 5) is 22.5. The highest BCUT2D eigenvalue weighted by Gasteiger charge is 2.32. The van der Waals surface area contributed by atoms with Gasteiger partial charge in [0, 0.05) is 49.2 Å². The number of nitrogens with zero attached hydrogens (tertiary/aromatic N) is 3. The molecule has 4 rings (SSSR count). The van der Waals surface area contributed by atoms with Gasteiger partial charge in [-0.3, -0.25) is 14.7 Å². The summed E-state index contributed by atoms with van der Waals surface area (Å²) in [5.74, 6) is 0.0769. The number of carbonyl (C=O) groups is 1. The first-order valence-electron chi connectivity index (χ1n) is 8.86. The smallest absolute Gasteiger partial charge is 0.255 e. The molecular formula is C19H23N3O2S. The third kappa shape index (κ3) is 3.34. The summed E-state index contributed by atoms with van der Waals surface area (Å²) in [6.07, 6.45) is 3.54. The molecule has 0 spiro atoms. The number of hydrogen-bond acceptors (Lipinski definition) is 5. The van der Waals surface area contributed by atoms with E-state index < -0.39 is 0 Å². The summed E-state index contributed by atoms with van der Waals surface area (Å²) >= 11 is 1.68. The van der Waals surface area contributed by atoms with Crippen molar-refractivity contribution in [2.75, 3.05) is 19.6 Å². The summed E-state index contributed by atoms with van der Waals surface area (Å²) in [6, 6.07) is 4.27. The molecule has 0 unspecified atom stereocenters. The lowest BCUT2D eigenvalue weighted by Gasteiger charge is -2.36. The van der Waals surface area contributed by atoms with E-state index in [4.69, 9.17) is 0 Å². The normalized spacial score (nSPS) is 18.1. The predicted molar refractivity (Wildman–Crippen MR) is 97.7 cm³/mol. The van der Waals surface area contributed by atoms with Crippen molar-refractivity contribution in [2.24, 2.45) is 0 Å². The van der Waals surface area contributed by atoms with Gasteiger partial charge < -0.3 is 10.0 Å². The van der Waals surface area contributed by atoms with Crippen LogP contribution in [0.2, 0.25) is 0 Å². The van der Waals surface area contributed by atoms with E-state index in [2.05, 4.69) is 28.9 Å². The van der Waals surface area contributed by atoms with Crippen molar-refractivity contribution in [1.82, 2.24) is 14.8 Å². The summed E-state index contributed by atoms with van der Waals surface area (Å²) < 4.78 is 0. The number of carbonyl (C=O) groups excluding carboxylic acids is 1. The molecule has 0 aliphatic carbocycles. The third-order valence-corrected chi connectivity index (χ3v) is 6.10. The maximum absolute atomic E-state index is 12.5. The highest BCUT2D eigenvalue weighted by Crippen LogP contribution is 2.31. The van der Waals surface area contributed by atoms with E-state index in [1.54, 1.807) is 16.2 Å². The molecule has 2 aromatic heterocycles. The Bertz CT molecular complexity index is 765. The zero-order valence-electron chi connectivity index (χ0n) is 14.4. The van der Waals surface area contributed by atoms with E-state index in [1.165, 1.54) is 16.0 Å². The Balaban J connectivity index is 1.42. The summed E-state index contributed by atoms with van der Waals surface area (Å²) in [5, 5.41) is 11.4. The summed E-state index contributed by atoms with van der Waals surface area (Å²) in [7, 11) is 0. The molecule has 2 aliphatic heterocycles. The SMILES string of the molecule is CCc1ccc(CN2CCc3c(C(=O)N4CC(O)C4)csc3C2)nc1. The lowest BCUT2D eigenvalue weighted by atomic mass is 10.0. The fourth-order valence-corrected chi connectivity index (χ4v) is 4.59. The molecule has 1 saturated heterocycles. The Morgan fingerprint density at radius 1 is 1.40 bits per heavy atom. The number of aliphatic hydroxyl groups excluding tert-OH is 1. The van der Waals surface area contributed by atoms with Crippen molar-refractivity contribution in [3.8, 4) is 0 Å². The number of amides is 1. The number of likely N-dealkylation sites (tertiary alicyclic amines) is 1. The molecule has 132 valence electrons. The first-order chi connectivity index (χ1) is 12.1. The number of β-amino-alcohol motifs (C(OH)–C–C–N with tert-alkyl or cyclic N) is 1. The monoisotopic (exact) mass is 357 g/mol. The van der Waals surface area contributed by atoms with Crippen LogP contribution in [0.1, 0.15) is 39.0 Å². The van der Waals surface area contributed by atoms with Crippen molar-refractivity contribution < 1.29 is 9.90 Å². The number of aromatic nitrogens is 1. The molecule has 0 bridgehead atoms.